The van der Waals surface area contributed by atoms with Gasteiger partial charge in [0.25, 0.3) is 0 Å². The fourth-order valence-electron chi connectivity index (χ4n) is 2.44. The Labute approximate surface area is 141 Å². The van der Waals surface area contributed by atoms with Crippen molar-refractivity contribution >= 4 is 15.8 Å². The lowest BCUT2D eigenvalue weighted by atomic mass is 10.1. The molecule has 0 amide bonds. The smallest absolute Gasteiger partial charge is 0.248 e. The van der Waals surface area contributed by atoms with E-state index in [1.54, 1.807) is 32.0 Å². The number of carbonyl (C=O) groups is 1. The van der Waals surface area contributed by atoms with Crippen molar-refractivity contribution in [3.05, 3.63) is 40.8 Å². The minimum absolute atomic E-state index is 0.0523. The molecule has 0 spiro atoms. The van der Waals surface area contributed by atoms with Crippen molar-refractivity contribution in [3.63, 3.8) is 0 Å². The number of Topliss-reactive ketones (excluding diaryl/α,β-unsaturated/α-hetero) is 1. The molecule has 24 heavy (non-hydrogen) atoms. The number of hydrogen-bond donors (Lipinski definition) is 0. The van der Waals surface area contributed by atoms with Crippen LogP contribution in [0.1, 0.15) is 34.3 Å². The Hall–Kier alpha value is -2.19. The number of hydrogen-bond acceptors (Lipinski definition) is 6. The highest BCUT2D eigenvalue weighted by atomic mass is 32.2. The molecule has 2 rings (SSSR count). The zero-order chi connectivity index (χ0) is 18.1. The van der Waals surface area contributed by atoms with Gasteiger partial charge in [0.1, 0.15) is 16.3 Å². The van der Waals surface area contributed by atoms with Crippen LogP contribution in [0.2, 0.25) is 0 Å². The molecule has 0 aliphatic carbocycles. The van der Waals surface area contributed by atoms with Crippen LogP contribution < -0.4 is 4.74 Å². The summed E-state index contributed by atoms with van der Waals surface area (Å²) in [4.78, 5) is 11.6. The van der Waals surface area contributed by atoms with Crippen LogP contribution in [0, 0.1) is 13.8 Å². The molecule has 0 N–H and O–H groups in total. The summed E-state index contributed by atoms with van der Waals surface area (Å²) < 4.78 is 37.0. The molecule has 1 aromatic heterocycles. The van der Waals surface area contributed by atoms with Gasteiger partial charge in [0.2, 0.25) is 10.0 Å². The average Bonchev–Trinajstić information content (AvgIpc) is 2.86. The predicted octanol–water partition coefficient (Wildman–Crippen LogP) is 2.32. The number of ketones is 1. The summed E-state index contributed by atoms with van der Waals surface area (Å²) >= 11 is 0. The molecule has 130 valence electrons. The number of nitrogens with zero attached hydrogens (tertiary/aromatic N) is 2. The molecule has 8 heteroatoms. The van der Waals surface area contributed by atoms with E-state index in [-0.39, 0.29) is 23.0 Å². The lowest BCUT2D eigenvalue weighted by molar-refractivity contribution is 0.101. The molecule has 0 bridgehead atoms. The molecule has 1 heterocycles. The Morgan fingerprint density at radius 3 is 2.50 bits per heavy atom. The van der Waals surface area contributed by atoms with Gasteiger partial charge in [-0.2, -0.15) is 4.31 Å². The highest BCUT2D eigenvalue weighted by Gasteiger charge is 2.29. The van der Waals surface area contributed by atoms with Crippen molar-refractivity contribution in [3.8, 4) is 5.75 Å². The highest BCUT2D eigenvalue weighted by molar-refractivity contribution is 7.89. The number of aromatic nitrogens is 1. The van der Waals surface area contributed by atoms with Crippen LogP contribution in [-0.4, -0.2) is 37.8 Å². The third-order valence-corrected chi connectivity index (χ3v) is 5.76. The summed E-state index contributed by atoms with van der Waals surface area (Å²) in [5.74, 6) is 0.653. The monoisotopic (exact) mass is 352 g/mol. The molecule has 0 radical (unpaired) electrons. The van der Waals surface area contributed by atoms with Gasteiger partial charge in [0.15, 0.2) is 11.5 Å². The van der Waals surface area contributed by atoms with Crippen molar-refractivity contribution in [2.24, 2.45) is 0 Å². The number of aryl methyl sites for hydroxylation is 2. The lowest BCUT2D eigenvalue weighted by Gasteiger charge is -2.19. The highest BCUT2D eigenvalue weighted by Crippen LogP contribution is 2.27. The van der Waals surface area contributed by atoms with Gasteiger partial charge in [-0.1, -0.05) is 5.16 Å². The molecule has 0 saturated heterocycles. The van der Waals surface area contributed by atoms with E-state index >= 15 is 0 Å². The molecule has 1 aromatic carbocycles. The Morgan fingerprint density at radius 1 is 1.33 bits per heavy atom. The molecule has 0 aliphatic heterocycles. The van der Waals surface area contributed by atoms with E-state index in [9.17, 15) is 13.2 Å². The van der Waals surface area contributed by atoms with Crippen LogP contribution >= 0.6 is 0 Å². The maximum Gasteiger partial charge on any atom is 0.248 e. The van der Waals surface area contributed by atoms with E-state index in [1.807, 2.05) is 0 Å². The van der Waals surface area contributed by atoms with E-state index in [0.717, 1.165) is 0 Å². The third kappa shape index (κ3) is 3.34. The molecule has 0 saturated carbocycles. The number of benzene rings is 1. The second-order valence-corrected chi connectivity index (χ2v) is 7.48. The molecule has 2 aromatic rings. The maximum atomic E-state index is 12.8. The summed E-state index contributed by atoms with van der Waals surface area (Å²) in [6, 6.07) is 4.94. The van der Waals surface area contributed by atoms with Crippen molar-refractivity contribution in [1.82, 2.24) is 9.46 Å². The third-order valence-electron chi connectivity index (χ3n) is 3.72. The summed E-state index contributed by atoms with van der Waals surface area (Å²) in [6.45, 7) is 4.64. The number of rotatable bonds is 6. The summed E-state index contributed by atoms with van der Waals surface area (Å²) in [5, 5.41) is 3.69. The predicted molar refractivity (Wildman–Crippen MR) is 87.6 cm³/mol. The summed E-state index contributed by atoms with van der Waals surface area (Å²) in [7, 11) is -0.822. The standard InChI is InChI=1S/C16H20N2O5S/c1-10-16(12(3)23-17-10)24(20,21)18(4)9-14-8-13(11(2)19)6-7-15(14)22-5/h6-8H,9H2,1-5H3. The van der Waals surface area contributed by atoms with Crippen LogP contribution in [-0.2, 0) is 16.6 Å². The molecule has 7 nitrogen and oxygen atoms in total. The van der Waals surface area contributed by atoms with Gasteiger partial charge in [-0.3, -0.25) is 4.79 Å². The molecular weight excluding hydrogens is 332 g/mol. The van der Waals surface area contributed by atoms with Crippen molar-refractivity contribution in [2.75, 3.05) is 14.2 Å². The molecule has 0 unspecified atom stereocenters. The Bertz CT molecular complexity index is 851. The minimum Gasteiger partial charge on any atom is -0.496 e. The molecule has 0 atom stereocenters. The first-order valence-corrected chi connectivity index (χ1v) is 8.69. The van der Waals surface area contributed by atoms with Gasteiger partial charge in [-0.15, -0.1) is 0 Å². The first kappa shape index (κ1) is 18.2. The van der Waals surface area contributed by atoms with Crippen LogP contribution in [0.15, 0.2) is 27.6 Å². The van der Waals surface area contributed by atoms with Crippen molar-refractivity contribution in [2.45, 2.75) is 32.2 Å². The largest absolute Gasteiger partial charge is 0.496 e. The second kappa shape index (κ2) is 6.74. The van der Waals surface area contributed by atoms with E-state index in [0.29, 0.717) is 22.6 Å². The van der Waals surface area contributed by atoms with E-state index in [2.05, 4.69) is 5.16 Å². The first-order chi connectivity index (χ1) is 11.2. The fourth-order valence-corrected chi connectivity index (χ4v) is 3.88. The van der Waals surface area contributed by atoms with Crippen LogP contribution in [0.25, 0.3) is 0 Å². The second-order valence-electron chi connectivity index (χ2n) is 5.50. The number of ether oxygens (including phenoxy) is 1. The lowest BCUT2D eigenvalue weighted by Crippen LogP contribution is -2.27. The van der Waals surface area contributed by atoms with Crippen molar-refractivity contribution in [1.29, 1.82) is 0 Å². The van der Waals surface area contributed by atoms with Crippen molar-refractivity contribution < 1.29 is 22.5 Å². The number of methoxy groups -OCH3 is 1. The minimum atomic E-state index is -3.78. The van der Waals surface area contributed by atoms with Gasteiger partial charge >= 0.3 is 0 Å². The fraction of sp³-hybridized carbons (Fsp3) is 0.375. The number of sulfonamides is 1. The Morgan fingerprint density at radius 2 is 2.00 bits per heavy atom. The normalized spacial score (nSPS) is 11.8. The molecule has 0 fully saturated rings. The van der Waals surface area contributed by atoms with Gasteiger partial charge in [0, 0.05) is 24.7 Å². The average molecular weight is 352 g/mol. The van der Waals surface area contributed by atoms with Crippen LogP contribution in [0.5, 0.6) is 5.75 Å². The zero-order valence-corrected chi connectivity index (χ0v) is 15.1. The number of carbonyl (C=O) groups excluding carboxylic acids is 1. The zero-order valence-electron chi connectivity index (χ0n) is 14.3. The summed E-state index contributed by atoms with van der Waals surface area (Å²) in [5.41, 5.74) is 1.40. The van der Waals surface area contributed by atoms with E-state index < -0.39 is 10.0 Å². The SMILES string of the molecule is COc1ccc(C(C)=O)cc1CN(C)S(=O)(=O)c1c(C)noc1C. The van der Waals surface area contributed by atoms with E-state index in [1.165, 1.54) is 25.4 Å². The van der Waals surface area contributed by atoms with E-state index in [4.69, 9.17) is 9.26 Å². The summed E-state index contributed by atoms with van der Waals surface area (Å²) in [6.07, 6.45) is 0. The molecular formula is C16H20N2O5S. The Kier molecular flexibility index (Phi) is 5.10. The quantitative estimate of drug-likeness (QED) is 0.741. The van der Waals surface area contributed by atoms with Crippen LogP contribution in [0.3, 0.4) is 0 Å². The first-order valence-electron chi connectivity index (χ1n) is 7.25. The topological polar surface area (TPSA) is 89.7 Å². The van der Waals surface area contributed by atoms with Crippen LogP contribution in [0.4, 0.5) is 0 Å². The van der Waals surface area contributed by atoms with Gasteiger partial charge in [-0.05, 0) is 39.0 Å². The van der Waals surface area contributed by atoms with Gasteiger partial charge in [-0.25, -0.2) is 8.42 Å². The van der Waals surface area contributed by atoms with Gasteiger partial charge in [0.05, 0.1) is 7.11 Å². The Balaban J connectivity index is 2.40. The van der Waals surface area contributed by atoms with Gasteiger partial charge < -0.3 is 9.26 Å². The maximum absolute atomic E-state index is 12.8. The molecule has 0 aliphatic rings.